The standard InChI is InChI=1S/C16H30O/c17-13-16(11-14-7-3-1-4-8-14)12-15-9-5-2-6-10-15/h14-17H,1-13H2. The van der Waals surface area contributed by atoms with Crippen molar-refractivity contribution in [2.75, 3.05) is 6.61 Å². The maximum atomic E-state index is 9.59. The van der Waals surface area contributed by atoms with Gasteiger partial charge in [0.15, 0.2) is 0 Å². The van der Waals surface area contributed by atoms with Gasteiger partial charge in [0.2, 0.25) is 0 Å². The summed E-state index contributed by atoms with van der Waals surface area (Å²) in [6, 6.07) is 0. The molecule has 2 aliphatic carbocycles. The summed E-state index contributed by atoms with van der Waals surface area (Å²) in [5, 5.41) is 9.59. The lowest BCUT2D eigenvalue weighted by atomic mass is 9.77. The van der Waals surface area contributed by atoms with Crippen LogP contribution in [0.25, 0.3) is 0 Å². The third-order valence-corrected chi connectivity index (χ3v) is 5.04. The van der Waals surface area contributed by atoms with Gasteiger partial charge >= 0.3 is 0 Å². The molecule has 0 bridgehead atoms. The molecule has 2 aliphatic rings. The predicted molar refractivity (Wildman–Crippen MR) is 73.0 cm³/mol. The van der Waals surface area contributed by atoms with E-state index in [0.29, 0.717) is 12.5 Å². The fraction of sp³-hybridized carbons (Fsp3) is 1.00. The molecule has 1 N–H and O–H groups in total. The van der Waals surface area contributed by atoms with Gasteiger partial charge in [-0.05, 0) is 30.6 Å². The highest BCUT2D eigenvalue weighted by atomic mass is 16.3. The lowest BCUT2D eigenvalue weighted by Crippen LogP contribution is -2.19. The van der Waals surface area contributed by atoms with Crippen molar-refractivity contribution in [3.05, 3.63) is 0 Å². The van der Waals surface area contributed by atoms with Crippen LogP contribution in [0.15, 0.2) is 0 Å². The molecule has 0 atom stereocenters. The summed E-state index contributed by atoms with van der Waals surface area (Å²) in [5.74, 6) is 2.48. The maximum Gasteiger partial charge on any atom is 0.0459 e. The molecule has 0 spiro atoms. The molecule has 0 saturated heterocycles. The molecular weight excluding hydrogens is 208 g/mol. The fourth-order valence-corrected chi connectivity index (χ4v) is 4.03. The van der Waals surface area contributed by atoms with Gasteiger partial charge in [0, 0.05) is 6.61 Å². The Balaban J connectivity index is 1.71. The second-order valence-corrected chi connectivity index (χ2v) is 6.53. The molecular formula is C16H30O. The minimum atomic E-state index is 0.438. The van der Waals surface area contributed by atoms with Gasteiger partial charge in [0.05, 0.1) is 0 Å². The SMILES string of the molecule is OCC(CC1CCCCC1)CC1CCCCC1. The molecule has 0 amide bonds. The van der Waals surface area contributed by atoms with Crippen LogP contribution in [0, 0.1) is 17.8 Å². The molecule has 0 radical (unpaired) electrons. The fourth-order valence-electron chi connectivity index (χ4n) is 4.03. The van der Waals surface area contributed by atoms with Crippen LogP contribution in [-0.4, -0.2) is 11.7 Å². The van der Waals surface area contributed by atoms with Crippen LogP contribution < -0.4 is 0 Å². The Bertz CT molecular complexity index is 170. The van der Waals surface area contributed by atoms with E-state index in [2.05, 4.69) is 0 Å². The number of aliphatic hydroxyl groups excluding tert-OH is 1. The molecule has 0 aliphatic heterocycles. The average molecular weight is 238 g/mol. The maximum absolute atomic E-state index is 9.59. The monoisotopic (exact) mass is 238 g/mol. The Kier molecular flexibility index (Phi) is 5.84. The van der Waals surface area contributed by atoms with Gasteiger partial charge in [0.1, 0.15) is 0 Å². The van der Waals surface area contributed by atoms with Gasteiger partial charge in [-0.25, -0.2) is 0 Å². The van der Waals surface area contributed by atoms with Crippen molar-refractivity contribution >= 4 is 0 Å². The van der Waals surface area contributed by atoms with Crippen LogP contribution in [0.5, 0.6) is 0 Å². The summed E-state index contributed by atoms with van der Waals surface area (Å²) < 4.78 is 0. The molecule has 1 nitrogen and oxygen atoms in total. The van der Waals surface area contributed by atoms with E-state index < -0.39 is 0 Å². The third kappa shape index (κ3) is 4.62. The number of hydrogen-bond donors (Lipinski definition) is 1. The molecule has 0 aromatic carbocycles. The molecule has 0 heterocycles. The number of aliphatic hydroxyl groups is 1. The van der Waals surface area contributed by atoms with E-state index in [4.69, 9.17) is 0 Å². The molecule has 100 valence electrons. The first-order valence-electron chi connectivity index (χ1n) is 7.99. The zero-order valence-electron chi connectivity index (χ0n) is 11.4. The molecule has 0 aromatic heterocycles. The Morgan fingerprint density at radius 3 is 1.47 bits per heavy atom. The Hall–Kier alpha value is -0.0400. The largest absolute Gasteiger partial charge is 0.396 e. The number of rotatable bonds is 5. The zero-order chi connectivity index (χ0) is 11.9. The highest BCUT2D eigenvalue weighted by molar-refractivity contribution is 4.74. The van der Waals surface area contributed by atoms with Crippen LogP contribution in [0.1, 0.15) is 77.0 Å². The Morgan fingerprint density at radius 2 is 1.12 bits per heavy atom. The van der Waals surface area contributed by atoms with E-state index in [-0.39, 0.29) is 0 Å². The van der Waals surface area contributed by atoms with Gasteiger partial charge in [-0.3, -0.25) is 0 Å². The highest BCUT2D eigenvalue weighted by Gasteiger charge is 2.22. The van der Waals surface area contributed by atoms with Crippen molar-refractivity contribution in [2.24, 2.45) is 17.8 Å². The highest BCUT2D eigenvalue weighted by Crippen LogP contribution is 2.34. The summed E-state index contributed by atoms with van der Waals surface area (Å²) in [5.41, 5.74) is 0. The second-order valence-electron chi connectivity index (χ2n) is 6.53. The van der Waals surface area contributed by atoms with Crippen LogP contribution in [-0.2, 0) is 0 Å². The van der Waals surface area contributed by atoms with E-state index in [9.17, 15) is 5.11 Å². The Labute approximate surface area is 107 Å². The minimum Gasteiger partial charge on any atom is -0.396 e. The normalized spacial score (nSPS) is 24.4. The van der Waals surface area contributed by atoms with E-state index in [1.54, 1.807) is 0 Å². The first kappa shape index (κ1) is 13.4. The number of hydrogen-bond acceptors (Lipinski definition) is 1. The molecule has 1 heteroatoms. The van der Waals surface area contributed by atoms with Gasteiger partial charge in [0.25, 0.3) is 0 Å². The molecule has 2 rings (SSSR count). The summed E-state index contributed by atoms with van der Waals surface area (Å²) in [4.78, 5) is 0. The van der Waals surface area contributed by atoms with Gasteiger partial charge in [-0.2, -0.15) is 0 Å². The molecule has 0 unspecified atom stereocenters. The quantitative estimate of drug-likeness (QED) is 0.745. The smallest absolute Gasteiger partial charge is 0.0459 e. The van der Waals surface area contributed by atoms with Crippen LogP contribution in [0.3, 0.4) is 0 Å². The van der Waals surface area contributed by atoms with Crippen molar-refractivity contribution in [3.8, 4) is 0 Å². The van der Waals surface area contributed by atoms with Gasteiger partial charge in [-0.1, -0.05) is 64.2 Å². The Morgan fingerprint density at radius 1 is 0.706 bits per heavy atom. The minimum absolute atomic E-state index is 0.438. The van der Waals surface area contributed by atoms with Crippen LogP contribution >= 0.6 is 0 Å². The van der Waals surface area contributed by atoms with E-state index >= 15 is 0 Å². The summed E-state index contributed by atoms with van der Waals surface area (Å²) >= 11 is 0. The first-order valence-corrected chi connectivity index (χ1v) is 7.99. The lowest BCUT2D eigenvalue weighted by Gasteiger charge is -2.29. The first-order chi connectivity index (χ1) is 8.38. The van der Waals surface area contributed by atoms with E-state index in [0.717, 1.165) is 11.8 Å². The van der Waals surface area contributed by atoms with Gasteiger partial charge in [-0.15, -0.1) is 0 Å². The average Bonchev–Trinajstić information content (AvgIpc) is 2.40. The summed E-state index contributed by atoms with van der Waals surface area (Å²) in [7, 11) is 0. The molecule has 2 saturated carbocycles. The van der Waals surface area contributed by atoms with Gasteiger partial charge < -0.3 is 5.11 Å². The molecule has 17 heavy (non-hydrogen) atoms. The topological polar surface area (TPSA) is 20.2 Å². The second kappa shape index (κ2) is 7.41. The van der Waals surface area contributed by atoms with Crippen molar-refractivity contribution in [3.63, 3.8) is 0 Å². The van der Waals surface area contributed by atoms with Crippen molar-refractivity contribution < 1.29 is 5.11 Å². The van der Waals surface area contributed by atoms with E-state index in [1.807, 2.05) is 0 Å². The van der Waals surface area contributed by atoms with Crippen molar-refractivity contribution in [1.82, 2.24) is 0 Å². The van der Waals surface area contributed by atoms with Crippen molar-refractivity contribution in [1.29, 1.82) is 0 Å². The van der Waals surface area contributed by atoms with Crippen molar-refractivity contribution in [2.45, 2.75) is 77.0 Å². The summed E-state index contributed by atoms with van der Waals surface area (Å²) in [6.45, 7) is 0.438. The predicted octanol–water partition coefficient (Wildman–Crippen LogP) is 4.54. The van der Waals surface area contributed by atoms with Crippen LogP contribution in [0.4, 0.5) is 0 Å². The third-order valence-electron chi connectivity index (χ3n) is 5.04. The van der Waals surface area contributed by atoms with Crippen LogP contribution in [0.2, 0.25) is 0 Å². The molecule has 0 aromatic rings. The van der Waals surface area contributed by atoms with E-state index in [1.165, 1.54) is 77.0 Å². The zero-order valence-corrected chi connectivity index (χ0v) is 11.4. The summed E-state index contributed by atoms with van der Waals surface area (Å²) in [6.07, 6.45) is 17.0. The lowest BCUT2D eigenvalue weighted by molar-refractivity contribution is 0.151. The molecule has 2 fully saturated rings.